The lowest BCUT2D eigenvalue weighted by Gasteiger charge is -2.05. The van der Waals surface area contributed by atoms with Crippen LogP contribution in [-0.2, 0) is 10.7 Å². The average Bonchev–Trinajstić information content (AvgIpc) is 2.06. The maximum Gasteiger partial charge on any atom is 0.329 e. The number of nitriles is 1. The second kappa shape index (κ2) is 4.24. The van der Waals surface area contributed by atoms with E-state index in [1.165, 1.54) is 12.1 Å². The van der Waals surface area contributed by atoms with Crippen molar-refractivity contribution in [2.45, 2.75) is 6.16 Å². The Morgan fingerprint density at radius 3 is 2.64 bits per heavy atom. The van der Waals surface area contributed by atoms with Gasteiger partial charge in [0.05, 0.1) is 17.8 Å². The van der Waals surface area contributed by atoms with E-state index < -0.39 is 13.8 Å². The molecule has 1 aromatic carbocycles. The molecule has 0 bridgehead atoms. The summed E-state index contributed by atoms with van der Waals surface area (Å²) in [6.45, 7) is 0. The zero-order valence-corrected chi connectivity index (χ0v) is 9.49. The first-order chi connectivity index (χ1) is 6.42. The van der Waals surface area contributed by atoms with Crippen LogP contribution < -0.4 is 0 Å². The van der Waals surface area contributed by atoms with Gasteiger partial charge < -0.3 is 9.79 Å². The van der Waals surface area contributed by atoms with Crippen LogP contribution in [0, 0.1) is 11.3 Å². The Bertz CT molecular complexity index is 435. The molecule has 0 fully saturated rings. The highest BCUT2D eigenvalue weighted by molar-refractivity contribution is 9.10. The average molecular weight is 276 g/mol. The van der Waals surface area contributed by atoms with Crippen molar-refractivity contribution < 1.29 is 14.4 Å². The molecule has 0 aliphatic rings. The number of halogens is 1. The first kappa shape index (κ1) is 11.4. The largest absolute Gasteiger partial charge is 0.329 e. The summed E-state index contributed by atoms with van der Waals surface area (Å²) >= 11 is 3.17. The molecule has 4 nitrogen and oxygen atoms in total. The minimum Gasteiger partial charge on any atom is -0.324 e. The maximum absolute atomic E-state index is 10.7. The molecule has 0 saturated heterocycles. The molecule has 0 aliphatic heterocycles. The van der Waals surface area contributed by atoms with Gasteiger partial charge in [0.2, 0.25) is 0 Å². The Kier molecular flexibility index (Phi) is 3.46. The van der Waals surface area contributed by atoms with E-state index in [4.69, 9.17) is 15.0 Å². The molecule has 1 aromatic rings. The van der Waals surface area contributed by atoms with E-state index in [0.29, 0.717) is 10.0 Å². The van der Waals surface area contributed by atoms with Gasteiger partial charge in [0.25, 0.3) is 0 Å². The molecule has 1 rings (SSSR count). The van der Waals surface area contributed by atoms with E-state index in [1.54, 1.807) is 6.07 Å². The van der Waals surface area contributed by atoms with Crippen molar-refractivity contribution in [2.75, 3.05) is 0 Å². The summed E-state index contributed by atoms with van der Waals surface area (Å²) in [6.07, 6.45) is -0.400. The van der Waals surface area contributed by atoms with Crippen LogP contribution >= 0.6 is 23.5 Å². The number of nitrogens with zero attached hydrogens (tertiary/aromatic N) is 1. The van der Waals surface area contributed by atoms with Crippen molar-refractivity contribution >= 4 is 23.5 Å². The lowest BCUT2D eigenvalue weighted by atomic mass is 10.1. The van der Waals surface area contributed by atoms with E-state index in [-0.39, 0.29) is 5.56 Å². The van der Waals surface area contributed by atoms with Crippen molar-refractivity contribution in [2.24, 2.45) is 0 Å². The lowest BCUT2D eigenvalue weighted by molar-refractivity contribution is 0.371. The molecular formula is C8H7BrNO3P. The Morgan fingerprint density at radius 1 is 1.50 bits per heavy atom. The van der Waals surface area contributed by atoms with Gasteiger partial charge in [0.1, 0.15) is 0 Å². The fraction of sp³-hybridized carbons (Fsp3) is 0.125. The van der Waals surface area contributed by atoms with Gasteiger partial charge in [-0.05, 0) is 17.7 Å². The summed E-state index contributed by atoms with van der Waals surface area (Å²) in [4.78, 5) is 17.5. The number of rotatable bonds is 2. The molecule has 0 aromatic heterocycles. The third-order valence-corrected chi connectivity index (χ3v) is 2.81. The summed E-state index contributed by atoms with van der Waals surface area (Å²) in [5.74, 6) is 0. The van der Waals surface area contributed by atoms with Gasteiger partial charge in [-0.15, -0.1) is 0 Å². The zero-order valence-electron chi connectivity index (χ0n) is 7.01. The van der Waals surface area contributed by atoms with Crippen LogP contribution in [-0.4, -0.2) is 9.79 Å². The van der Waals surface area contributed by atoms with Crippen molar-refractivity contribution in [3.8, 4) is 6.07 Å². The van der Waals surface area contributed by atoms with Gasteiger partial charge >= 0.3 is 7.60 Å². The lowest BCUT2D eigenvalue weighted by Crippen LogP contribution is -1.91. The second-order valence-electron chi connectivity index (χ2n) is 2.74. The fourth-order valence-corrected chi connectivity index (χ4v) is 2.09. The van der Waals surface area contributed by atoms with Crippen LogP contribution in [0.4, 0.5) is 0 Å². The summed E-state index contributed by atoms with van der Waals surface area (Å²) in [5.41, 5.74) is 0.645. The molecule has 0 amide bonds. The highest BCUT2D eigenvalue weighted by atomic mass is 79.9. The molecule has 0 unspecified atom stereocenters. The molecule has 0 saturated carbocycles. The van der Waals surface area contributed by atoms with E-state index >= 15 is 0 Å². The third kappa shape index (κ3) is 3.24. The molecule has 0 aliphatic carbocycles. The molecule has 6 heteroatoms. The van der Waals surface area contributed by atoms with Crippen LogP contribution in [0.3, 0.4) is 0 Å². The number of hydrogen-bond donors (Lipinski definition) is 2. The summed E-state index contributed by atoms with van der Waals surface area (Å²) < 4.78 is 11.4. The van der Waals surface area contributed by atoms with Crippen LogP contribution in [0.15, 0.2) is 22.7 Å². The predicted molar refractivity (Wildman–Crippen MR) is 54.6 cm³/mol. The summed E-state index contributed by atoms with van der Waals surface area (Å²) in [5, 5.41) is 8.72. The molecule has 2 N–H and O–H groups in total. The summed E-state index contributed by atoms with van der Waals surface area (Å²) in [6, 6.07) is 6.59. The quantitative estimate of drug-likeness (QED) is 0.809. The molecule has 0 radical (unpaired) electrons. The normalized spacial score (nSPS) is 11.0. The van der Waals surface area contributed by atoms with Crippen LogP contribution in [0.2, 0.25) is 0 Å². The van der Waals surface area contributed by atoms with Crippen molar-refractivity contribution in [1.82, 2.24) is 0 Å². The van der Waals surface area contributed by atoms with Gasteiger partial charge in [-0.1, -0.05) is 22.0 Å². The van der Waals surface area contributed by atoms with Crippen LogP contribution in [0.5, 0.6) is 0 Å². The Hall–Kier alpha value is -0.660. The van der Waals surface area contributed by atoms with Gasteiger partial charge in [0, 0.05) is 4.47 Å². The van der Waals surface area contributed by atoms with Gasteiger partial charge in [0.15, 0.2) is 0 Å². The molecule has 74 valence electrons. The number of benzene rings is 1. The molecular weight excluding hydrogens is 269 g/mol. The number of hydrogen-bond acceptors (Lipinski definition) is 2. The van der Waals surface area contributed by atoms with E-state index in [2.05, 4.69) is 15.9 Å². The highest BCUT2D eigenvalue weighted by Crippen LogP contribution is 2.40. The standard InChI is InChI=1S/C8H7BrNO3P/c9-8-2-1-6(5-14(11,12)13)7(3-8)4-10/h1-3H,5H2,(H2,11,12,13). The maximum atomic E-state index is 10.7. The van der Waals surface area contributed by atoms with Crippen LogP contribution in [0.25, 0.3) is 0 Å². The molecule has 0 spiro atoms. The van der Waals surface area contributed by atoms with Crippen molar-refractivity contribution in [3.05, 3.63) is 33.8 Å². The Balaban J connectivity index is 3.11. The SMILES string of the molecule is N#Cc1cc(Br)ccc1CP(=O)(O)O. The van der Waals surface area contributed by atoms with E-state index in [1.807, 2.05) is 6.07 Å². The van der Waals surface area contributed by atoms with Crippen LogP contribution in [0.1, 0.15) is 11.1 Å². The predicted octanol–water partition coefficient (Wildman–Crippen LogP) is 2.00. The van der Waals surface area contributed by atoms with Gasteiger partial charge in [-0.25, -0.2) is 0 Å². The smallest absolute Gasteiger partial charge is 0.324 e. The molecule has 0 heterocycles. The molecule has 14 heavy (non-hydrogen) atoms. The molecule has 0 atom stereocenters. The topological polar surface area (TPSA) is 81.3 Å². The van der Waals surface area contributed by atoms with Crippen molar-refractivity contribution in [3.63, 3.8) is 0 Å². The Morgan fingerprint density at radius 2 is 2.14 bits per heavy atom. The van der Waals surface area contributed by atoms with Gasteiger partial charge in [-0.3, -0.25) is 4.57 Å². The minimum absolute atomic E-state index is 0.280. The monoisotopic (exact) mass is 275 g/mol. The van der Waals surface area contributed by atoms with E-state index in [9.17, 15) is 4.57 Å². The first-order valence-corrected chi connectivity index (χ1v) is 6.24. The minimum atomic E-state index is -4.11. The van der Waals surface area contributed by atoms with E-state index in [0.717, 1.165) is 0 Å². The first-order valence-electron chi connectivity index (χ1n) is 3.65. The van der Waals surface area contributed by atoms with Gasteiger partial charge in [-0.2, -0.15) is 5.26 Å². The fourth-order valence-electron chi connectivity index (χ4n) is 1.01. The Labute approximate surface area is 89.5 Å². The zero-order chi connectivity index (χ0) is 10.8. The third-order valence-electron chi connectivity index (χ3n) is 1.57. The highest BCUT2D eigenvalue weighted by Gasteiger charge is 2.16. The van der Waals surface area contributed by atoms with Crippen molar-refractivity contribution in [1.29, 1.82) is 5.26 Å². The second-order valence-corrected chi connectivity index (χ2v) is 5.30. The summed E-state index contributed by atoms with van der Waals surface area (Å²) in [7, 11) is -4.11.